The number of carbonyl (C=O) groups excluding carboxylic acids is 3. The molecule has 0 aliphatic carbocycles. The van der Waals surface area contributed by atoms with E-state index in [0.717, 1.165) is 11.3 Å². The number of ether oxygens (including phenoxy) is 1. The third-order valence-electron chi connectivity index (χ3n) is 4.55. The SMILES string of the molecule is C[C@H](OC(=O)CCC(=O)N1CCC(c2ccccc2)=N1)C(=O)c1ccc(F)cc1. The molecule has 6 nitrogen and oxygen atoms in total. The Morgan fingerprint density at radius 1 is 1.07 bits per heavy atom. The Balaban J connectivity index is 1.48. The van der Waals surface area contributed by atoms with Gasteiger partial charge in [-0.1, -0.05) is 30.3 Å². The lowest BCUT2D eigenvalue weighted by Gasteiger charge is -2.14. The lowest BCUT2D eigenvalue weighted by Crippen LogP contribution is -2.27. The van der Waals surface area contributed by atoms with Gasteiger partial charge in [0.25, 0.3) is 0 Å². The molecule has 1 aliphatic heterocycles. The molecule has 0 N–H and O–H groups in total. The summed E-state index contributed by atoms with van der Waals surface area (Å²) in [4.78, 5) is 36.5. The normalized spacial score (nSPS) is 14.3. The van der Waals surface area contributed by atoms with Gasteiger partial charge in [0.15, 0.2) is 6.10 Å². The molecule has 1 amide bonds. The van der Waals surface area contributed by atoms with Crippen LogP contribution < -0.4 is 0 Å². The Morgan fingerprint density at radius 3 is 2.45 bits per heavy atom. The third-order valence-corrected chi connectivity index (χ3v) is 4.55. The fraction of sp³-hybridized carbons (Fsp3) is 0.273. The third kappa shape index (κ3) is 5.34. The van der Waals surface area contributed by atoms with Crippen LogP contribution >= 0.6 is 0 Å². The Bertz CT molecular complexity index is 926. The van der Waals surface area contributed by atoms with Gasteiger partial charge in [0.1, 0.15) is 5.82 Å². The summed E-state index contributed by atoms with van der Waals surface area (Å²) in [6.45, 7) is 1.92. The zero-order valence-electron chi connectivity index (χ0n) is 16.0. The molecule has 0 saturated heterocycles. The van der Waals surface area contributed by atoms with E-state index in [4.69, 9.17) is 4.74 Å². The molecule has 7 heteroatoms. The highest BCUT2D eigenvalue weighted by molar-refractivity contribution is 6.03. The van der Waals surface area contributed by atoms with E-state index in [9.17, 15) is 18.8 Å². The van der Waals surface area contributed by atoms with Crippen LogP contribution in [0.1, 0.15) is 42.1 Å². The highest BCUT2D eigenvalue weighted by Gasteiger charge is 2.24. The van der Waals surface area contributed by atoms with Gasteiger partial charge >= 0.3 is 5.97 Å². The second-order valence-electron chi connectivity index (χ2n) is 6.68. The van der Waals surface area contributed by atoms with E-state index in [1.54, 1.807) is 0 Å². The minimum absolute atomic E-state index is 0.0537. The molecule has 0 unspecified atom stereocenters. The number of esters is 1. The summed E-state index contributed by atoms with van der Waals surface area (Å²) in [5.41, 5.74) is 2.05. The largest absolute Gasteiger partial charge is 0.454 e. The van der Waals surface area contributed by atoms with Crippen molar-refractivity contribution in [2.24, 2.45) is 5.10 Å². The highest BCUT2D eigenvalue weighted by atomic mass is 19.1. The number of hydrogen-bond acceptors (Lipinski definition) is 5. The van der Waals surface area contributed by atoms with E-state index < -0.39 is 23.7 Å². The smallest absolute Gasteiger partial charge is 0.307 e. The maximum Gasteiger partial charge on any atom is 0.307 e. The van der Waals surface area contributed by atoms with Crippen molar-refractivity contribution in [1.82, 2.24) is 5.01 Å². The van der Waals surface area contributed by atoms with Gasteiger partial charge in [-0.05, 0) is 36.8 Å². The maximum atomic E-state index is 12.9. The average Bonchev–Trinajstić information content (AvgIpc) is 3.23. The van der Waals surface area contributed by atoms with Crippen molar-refractivity contribution >= 4 is 23.4 Å². The van der Waals surface area contributed by atoms with Crippen LogP contribution in [0.2, 0.25) is 0 Å². The molecule has 0 saturated carbocycles. The Labute approximate surface area is 168 Å². The molecule has 1 heterocycles. The summed E-state index contributed by atoms with van der Waals surface area (Å²) in [7, 11) is 0. The summed E-state index contributed by atoms with van der Waals surface area (Å²) in [6.07, 6.45) is -0.560. The lowest BCUT2D eigenvalue weighted by molar-refractivity contribution is -0.148. The highest BCUT2D eigenvalue weighted by Crippen LogP contribution is 2.15. The van der Waals surface area contributed by atoms with E-state index in [1.165, 1.54) is 36.2 Å². The van der Waals surface area contributed by atoms with Gasteiger partial charge in [-0.15, -0.1) is 0 Å². The topological polar surface area (TPSA) is 76.0 Å². The molecule has 0 fully saturated rings. The Kier molecular flexibility index (Phi) is 6.49. The fourth-order valence-electron chi connectivity index (χ4n) is 2.97. The minimum Gasteiger partial charge on any atom is -0.454 e. The first-order valence-electron chi connectivity index (χ1n) is 9.36. The molecule has 1 aliphatic rings. The Hall–Kier alpha value is -3.35. The average molecular weight is 396 g/mol. The number of nitrogens with zero attached hydrogens (tertiary/aromatic N) is 2. The molecule has 0 aromatic heterocycles. The zero-order valence-corrected chi connectivity index (χ0v) is 16.0. The predicted molar refractivity (Wildman–Crippen MR) is 105 cm³/mol. The molecule has 2 aromatic carbocycles. The predicted octanol–water partition coefficient (Wildman–Crippen LogP) is 3.36. The molecule has 0 bridgehead atoms. The van der Waals surface area contributed by atoms with Gasteiger partial charge in [-0.2, -0.15) is 5.10 Å². The van der Waals surface area contributed by atoms with Crippen molar-refractivity contribution < 1.29 is 23.5 Å². The second kappa shape index (κ2) is 9.23. The summed E-state index contributed by atoms with van der Waals surface area (Å²) in [5.74, 6) is -1.80. The van der Waals surface area contributed by atoms with Gasteiger partial charge < -0.3 is 4.74 Å². The number of hydrogen-bond donors (Lipinski definition) is 0. The molecule has 2 aromatic rings. The molecule has 3 rings (SSSR count). The molecular weight excluding hydrogens is 375 g/mol. The summed E-state index contributed by atoms with van der Waals surface area (Å²) >= 11 is 0. The first kappa shape index (κ1) is 20.4. The first-order chi connectivity index (χ1) is 13.9. The molecule has 0 spiro atoms. The maximum absolute atomic E-state index is 12.9. The van der Waals surface area contributed by atoms with E-state index >= 15 is 0 Å². The zero-order chi connectivity index (χ0) is 20.8. The number of amides is 1. The minimum atomic E-state index is -1.02. The quantitative estimate of drug-likeness (QED) is 0.531. The van der Waals surface area contributed by atoms with Crippen molar-refractivity contribution in [3.8, 4) is 0 Å². The van der Waals surface area contributed by atoms with Crippen LogP contribution in [0.4, 0.5) is 4.39 Å². The van der Waals surface area contributed by atoms with Crippen LogP contribution in [0.15, 0.2) is 59.7 Å². The number of carbonyl (C=O) groups is 3. The van der Waals surface area contributed by atoms with Crippen molar-refractivity contribution in [2.45, 2.75) is 32.3 Å². The van der Waals surface area contributed by atoms with E-state index in [2.05, 4.69) is 5.10 Å². The second-order valence-corrected chi connectivity index (χ2v) is 6.68. The standard InChI is InChI=1S/C22H21FN2O4/c1-15(22(28)17-7-9-18(23)10-8-17)29-21(27)12-11-20(26)25-14-13-19(24-25)16-5-3-2-4-6-16/h2-10,15H,11-14H2,1H3/t15-/m0/s1. The summed E-state index contributed by atoms with van der Waals surface area (Å²) < 4.78 is 18.1. The number of rotatable bonds is 7. The van der Waals surface area contributed by atoms with E-state index in [-0.39, 0.29) is 24.3 Å². The van der Waals surface area contributed by atoms with Crippen LogP contribution in [0.25, 0.3) is 0 Å². The number of Topliss-reactive ketones (excluding diaryl/α,β-unsaturated/α-hetero) is 1. The van der Waals surface area contributed by atoms with Crippen LogP contribution in [-0.4, -0.2) is 41.0 Å². The number of ketones is 1. The van der Waals surface area contributed by atoms with E-state index in [1.807, 2.05) is 30.3 Å². The lowest BCUT2D eigenvalue weighted by atomic mass is 10.1. The van der Waals surface area contributed by atoms with Crippen LogP contribution in [0.5, 0.6) is 0 Å². The van der Waals surface area contributed by atoms with Crippen molar-refractivity contribution in [3.05, 3.63) is 71.5 Å². The monoisotopic (exact) mass is 396 g/mol. The van der Waals surface area contributed by atoms with Crippen LogP contribution in [0.3, 0.4) is 0 Å². The molecule has 1 atom stereocenters. The fourth-order valence-corrected chi connectivity index (χ4v) is 2.97. The number of halogens is 1. The van der Waals surface area contributed by atoms with Crippen molar-refractivity contribution in [3.63, 3.8) is 0 Å². The molecule has 150 valence electrons. The van der Waals surface area contributed by atoms with Gasteiger partial charge in [0.2, 0.25) is 11.7 Å². The number of hydrazone groups is 1. The van der Waals surface area contributed by atoms with Crippen molar-refractivity contribution in [2.75, 3.05) is 6.54 Å². The molecule has 0 radical (unpaired) electrons. The van der Waals surface area contributed by atoms with Gasteiger partial charge in [0.05, 0.1) is 18.7 Å². The molecular formula is C22H21FN2O4. The summed E-state index contributed by atoms with van der Waals surface area (Å²) in [6, 6.07) is 14.6. The van der Waals surface area contributed by atoms with E-state index in [0.29, 0.717) is 13.0 Å². The summed E-state index contributed by atoms with van der Waals surface area (Å²) in [5, 5.41) is 5.70. The van der Waals surface area contributed by atoms with Gasteiger partial charge in [-0.3, -0.25) is 14.4 Å². The Morgan fingerprint density at radius 2 is 1.76 bits per heavy atom. The number of benzene rings is 2. The van der Waals surface area contributed by atoms with Crippen molar-refractivity contribution in [1.29, 1.82) is 0 Å². The van der Waals surface area contributed by atoms with Crippen LogP contribution in [-0.2, 0) is 14.3 Å². The van der Waals surface area contributed by atoms with Gasteiger partial charge in [-0.25, -0.2) is 9.40 Å². The van der Waals surface area contributed by atoms with Crippen LogP contribution in [0, 0.1) is 5.82 Å². The van der Waals surface area contributed by atoms with Gasteiger partial charge in [0, 0.05) is 18.4 Å². The molecule has 29 heavy (non-hydrogen) atoms. The first-order valence-corrected chi connectivity index (χ1v) is 9.36.